The number of phenolic OH excluding ortho intramolecular Hbond substituents is 1. The maximum atomic E-state index is 12.6. The lowest BCUT2D eigenvalue weighted by molar-refractivity contribution is -0.154. The minimum atomic E-state index is -0.138. The minimum Gasteiger partial charge on any atom is -0.507 e. The molecule has 0 radical (unpaired) electrons. The summed E-state index contributed by atoms with van der Waals surface area (Å²) in [7, 11) is 3.28. The predicted octanol–water partition coefficient (Wildman–Crippen LogP) is 4.62. The average Bonchev–Trinajstić information content (AvgIpc) is 2.81. The second kappa shape index (κ2) is 8.66. The van der Waals surface area contributed by atoms with Gasteiger partial charge < -0.3 is 19.3 Å². The third-order valence-corrected chi connectivity index (χ3v) is 7.28. The Bertz CT molecular complexity index is 1020. The fourth-order valence-corrected chi connectivity index (χ4v) is 5.72. The van der Waals surface area contributed by atoms with E-state index in [1.54, 1.807) is 20.3 Å². The highest BCUT2D eigenvalue weighted by Crippen LogP contribution is 2.47. The average molecular weight is 438 g/mol. The summed E-state index contributed by atoms with van der Waals surface area (Å²) in [5.41, 5.74) is 3.80. The zero-order valence-corrected chi connectivity index (χ0v) is 18.8. The second-order valence-electron chi connectivity index (χ2n) is 9.13. The molecule has 0 amide bonds. The highest BCUT2D eigenvalue weighted by Gasteiger charge is 2.40. The Morgan fingerprint density at radius 2 is 1.81 bits per heavy atom. The van der Waals surface area contributed by atoms with Crippen molar-refractivity contribution in [3.8, 4) is 28.4 Å². The van der Waals surface area contributed by atoms with Gasteiger partial charge in [0.05, 0.1) is 14.2 Å². The topological polar surface area (TPSA) is 68.2 Å². The van der Waals surface area contributed by atoms with Crippen molar-refractivity contribution >= 4 is 5.97 Å². The van der Waals surface area contributed by atoms with Gasteiger partial charge in [0.2, 0.25) is 0 Å². The van der Waals surface area contributed by atoms with E-state index >= 15 is 0 Å². The van der Waals surface area contributed by atoms with E-state index in [1.807, 2.05) is 24.3 Å². The molecule has 4 bridgehead atoms. The Morgan fingerprint density at radius 3 is 2.62 bits per heavy atom. The SMILES string of the molecule is COc1cc2c(cc1OC)C1C[C@H](CC3CCCCN31)OC(=O)CCc1ccc(O)c-2c1. The molecule has 6 heteroatoms. The Balaban J connectivity index is 1.73. The van der Waals surface area contributed by atoms with Crippen molar-refractivity contribution in [2.24, 2.45) is 0 Å². The first kappa shape index (κ1) is 21.1. The lowest BCUT2D eigenvalue weighted by Gasteiger charge is -2.48. The van der Waals surface area contributed by atoms with Crippen molar-refractivity contribution in [2.75, 3.05) is 20.8 Å². The normalized spacial score (nSPS) is 25.4. The summed E-state index contributed by atoms with van der Waals surface area (Å²) in [4.78, 5) is 15.2. The molecule has 32 heavy (non-hydrogen) atoms. The van der Waals surface area contributed by atoms with E-state index in [0.717, 1.165) is 48.1 Å². The van der Waals surface area contributed by atoms with Gasteiger partial charge >= 0.3 is 5.97 Å². The number of methoxy groups -OCH3 is 2. The molecule has 6 nitrogen and oxygen atoms in total. The summed E-state index contributed by atoms with van der Waals surface area (Å²) < 4.78 is 17.3. The summed E-state index contributed by atoms with van der Waals surface area (Å²) >= 11 is 0. The van der Waals surface area contributed by atoms with Crippen molar-refractivity contribution in [3.63, 3.8) is 0 Å². The lowest BCUT2D eigenvalue weighted by atomic mass is 9.81. The quantitative estimate of drug-likeness (QED) is 0.692. The monoisotopic (exact) mass is 437 g/mol. The minimum absolute atomic E-state index is 0.0733. The number of aromatic hydroxyl groups is 1. The van der Waals surface area contributed by atoms with Crippen LogP contribution in [0.25, 0.3) is 11.1 Å². The second-order valence-corrected chi connectivity index (χ2v) is 9.13. The van der Waals surface area contributed by atoms with Crippen LogP contribution in [-0.4, -0.2) is 48.9 Å². The third-order valence-electron chi connectivity index (χ3n) is 7.28. The van der Waals surface area contributed by atoms with Gasteiger partial charge in [-0.15, -0.1) is 0 Å². The first-order valence-corrected chi connectivity index (χ1v) is 11.6. The fraction of sp³-hybridized carbons (Fsp3) is 0.500. The molecule has 0 aromatic heterocycles. The Labute approximate surface area is 189 Å². The highest BCUT2D eigenvalue weighted by atomic mass is 16.5. The van der Waals surface area contributed by atoms with Crippen LogP contribution in [0.1, 0.15) is 55.7 Å². The summed E-state index contributed by atoms with van der Waals surface area (Å²) in [5.74, 6) is 1.39. The van der Waals surface area contributed by atoms with Crippen LogP contribution in [0.4, 0.5) is 0 Å². The molecule has 1 N–H and O–H groups in total. The summed E-state index contributed by atoms with van der Waals surface area (Å²) in [6.45, 7) is 1.02. The van der Waals surface area contributed by atoms with E-state index in [9.17, 15) is 9.90 Å². The maximum absolute atomic E-state index is 12.6. The number of nitrogens with zero attached hydrogens (tertiary/aromatic N) is 1. The molecular weight excluding hydrogens is 406 g/mol. The summed E-state index contributed by atoms with van der Waals surface area (Å²) in [6.07, 6.45) is 5.95. The van der Waals surface area contributed by atoms with Gasteiger partial charge in [0.25, 0.3) is 0 Å². The number of carbonyl (C=O) groups is 1. The van der Waals surface area contributed by atoms with Crippen LogP contribution >= 0.6 is 0 Å². The van der Waals surface area contributed by atoms with Crippen LogP contribution in [0.3, 0.4) is 0 Å². The molecule has 170 valence electrons. The van der Waals surface area contributed by atoms with Crippen LogP contribution in [0.15, 0.2) is 30.3 Å². The van der Waals surface area contributed by atoms with Gasteiger partial charge in [0.15, 0.2) is 11.5 Å². The van der Waals surface area contributed by atoms with Crippen molar-refractivity contribution < 1.29 is 24.1 Å². The number of hydrogen-bond donors (Lipinski definition) is 1. The predicted molar refractivity (Wildman–Crippen MR) is 121 cm³/mol. The van der Waals surface area contributed by atoms with Gasteiger partial charge in [0.1, 0.15) is 11.9 Å². The smallest absolute Gasteiger partial charge is 0.306 e. The van der Waals surface area contributed by atoms with Gasteiger partial charge in [0, 0.05) is 36.9 Å². The van der Waals surface area contributed by atoms with Gasteiger partial charge in [-0.1, -0.05) is 12.5 Å². The van der Waals surface area contributed by atoms with Gasteiger partial charge in [-0.3, -0.25) is 9.69 Å². The van der Waals surface area contributed by atoms with Gasteiger partial charge in [-0.05, 0) is 66.8 Å². The molecule has 2 unspecified atom stereocenters. The molecule has 2 fully saturated rings. The molecule has 5 rings (SSSR count). The Morgan fingerprint density at radius 1 is 1.00 bits per heavy atom. The third kappa shape index (κ3) is 3.81. The molecule has 3 atom stereocenters. The van der Waals surface area contributed by atoms with E-state index in [0.29, 0.717) is 30.4 Å². The van der Waals surface area contributed by atoms with E-state index in [-0.39, 0.29) is 23.9 Å². The largest absolute Gasteiger partial charge is 0.507 e. The van der Waals surface area contributed by atoms with Crippen LogP contribution in [-0.2, 0) is 16.0 Å². The molecule has 3 aliphatic heterocycles. The first-order valence-electron chi connectivity index (χ1n) is 11.6. The number of fused-ring (bicyclic) bond motifs is 9. The van der Waals surface area contributed by atoms with Crippen LogP contribution in [0.2, 0.25) is 0 Å². The molecule has 2 saturated heterocycles. The van der Waals surface area contributed by atoms with Crippen LogP contribution in [0.5, 0.6) is 17.2 Å². The number of aryl methyl sites for hydroxylation is 1. The van der Waals surface area contributed by atoms with Crippen molar-refractivity contribution in [2.45, 2.75) is 63.1 Å². The van der Waals surface area contributed by atoms with E-state index in [4.69, 9.17) is 14.2 Å². The zero-order chi connectivity index (χ0) is 22.2. The lowest BCUT2D eigenvalue weighted by Crippen LogP contribution is -2.49. The highest BCUT2D eigenvalue weighted by molar-refractivity contribution is 5.77. The van der Waals surface area contributed by atoms with Crippen molar-refractivity contribution in [3.05, 3.63) is 41.5 Å². The molecule has 0 aliphatic carbocycles. The van der Waals surface area contributed by atoms with E-state index in [1.165, 1.54) is 12.8 Å². The molecule has 3 aliphatic rings. The molecular formula is C26H31NO5. The number of hydrogen-bond acceptors (Lipinski definition) is 6. The molecule has 3 heterocycles. The molecule has 0 saturated carbocycles. The van der Waals surface area contributed by atoms with Crippen LogP contribution in [0, 0.1) is 0 Å². The van der Waals surface area contributed by atoms with Crippen LogP contribution < -0.4 is 9.47 Å². The zero-order valence-electron chi connectivity index (χ0n) is 18.8. The number of phenols is 1. The van der Waals surface area contributed by atoms with E-state index in [2.05, 4.69) is 4.90 Å². The maximum Gasteiger partial charge on any atom is 0.306 e. The van der Waals surface area contributed by atoms with E-state index < -0.39 is 0 Å². The van der Waals surface area contributed by atoms with Crippen molar-refractivity contribution in [1.82, 2.24) is 4.90 Å². The number of benzene rings is 2. The van der Waals surface area contributed by atoms with Gasteiger partial charge in [-0.2, -0.15) is 0 Å². The molecule has 0 spiro atoms. The fourth-order valence-electron chi connectivity index (χ4n) is 5.72. The molecule has 2 aromatic rings. The Kier molecular flexibility index (Phi) is 5.72. The summed E-state index contributed by atoms with van der Waals surface area (Å²) in [6, 6.07) is 10.1. The van der Waals surface area contributed by atoms with Gasteiger partial charge in [-0.25, -0.2) is 0 Å². The molecule has 2 aromatic carbocycles. The summed E-state index contributed by atoms with van der Waals surface area (Å²) in [5, 5.41) is 10.8. The number of esters is 1. The standard InChI is InChI=1S/C26H31NO5/c1-30-24-14-19-20(15-25(24)31-2)22-13-18(12-17-5-3-4-10-27(17)22)32-26(29)9-7-16-6-8-23(28)21(19)11-16/h6,8,11,14-15,17-18,22,28H,3-5,7,9-10,12-13H2,1-2H3/t17?,18-,22?/m0/s1. The number of rotatable bonds is 2. The number of ether oxygens (including phenoxy) is 3. The number of carbonyl (C=O) groups excluding carboxylic acids is 1. The number of piperidine rings is 2. The first-order chi connectivity index (χ1) is 15.6. The van der Waals surface area contributed by atoms with Crippen molar-refractivity contribution in [1.29, 1.82) is 0 Å². The Hall–Kier alpha value is -2.73.